The molecular formula is C44H61N3O12. The number of Topliss-reactive ketones (excluding diaryl/α,β-unsaturated/α-hetero) is 1. The van der Waals surface area contributed by atoms with Gasteiger partial charge in [-0.1, -0.05) is 51.7 Å². The summed E-state index contributed by atoms with van der Waals surface area (Å²) in [5.74, 6) is -8.35. The van der Waals surface area contributed by atoms with Crippen LogP contribution in [0.2, 0.25) is 0 Å². The number of aromatic hydroxyl groups is 2. The number of aliphatic hydroxyl groups is 2. The number of phenolic OH excluding ortho intramolecular Hbond substituents is 2. The Hall–Kier alpha value is -4.67. The number of methoxy groups -OCH3 is 1. The SMILES string of the molecule is CO[C@H]1/C=C/O[C@@]2(C)Oc3c(C)c([O-])c4c(O)c(c(C[NH2+]CCN5CCCC5)c(O)c4c3C2=O)NC(=O)/C(C)=C\C=C\[C@H](C)[C@H](O)[C@@H](C)[C@@H](O)[C@@H](C)[C@H](OC(C)=O)[C@@H]1C. The van der Waals surface area contributed by atoms with Gasteiger partial charge in [0.25, 0.3) is 11.7 Å². The second-order valence-corrected chi connectivity index (χ2v) is 16.5. The molecule has 0 aliphatic carbocycles. The number of ether oxygens (including phenoxy) is 4. The Morgan fingerprint density at radius 1 is 1.02 bits per heavy atom. The van der Waals surface area contributed by atoms with Crippen molar-refractivity contribution >= 4 is 34.1 Å². The summed E-state index contributed by atoms with van der Waals surface area (Å²) in [6.07, 6.45) is 5.90. The summed E-state index contributed by atoms with van der Waals surface area (Å²) < 4.78 is 23.6. The number of hydrogen-bond donors (Lipinski definition) is 6. The minimum absolute atomic E-state index is 0.0218. The Labute approximate surface area is 345 Å². The van der Waals surface area contributed by atoms with Crippen LogP contribution in [0.25, 0.3) is 10.8 Å². The van der Waals surface area contributed by atoms with E-state index in [1.807, 2.05) is 5.32 Å². The number of phenols is 2. The molecule has 4 heterocycles. The molecule has 324 valence electrons. The predicted octanol–water partition coefficient (Wildman–Crippen LogP) is 3.28. The van der Waals surface area contributed by atoms with Crippen molar-refractivity contribution in [2.24, 2.45) is 23.7 Å². The molecule has 7 N–H and O–H groups in total. The molecule has 2 aromatic rings. The number of esters is 1. The maximum Gasteiger partial charge on any atom is 0.312 e. The van der Waals surface area contributed by atoms with E-state index in [-0.39, 0.29) is 51.0 Å². The molecule has 2 aromatic carbocycles. The number of amides is 1. The van der Waals surface area contributed by atoms with Crippen LogP contribution in [-0.4, -0.2) is 106 Å². The van der Waals surface area contributed by atoms with Crippen LogP contribution in [0.5, 0.6) is 23.0 Å². The highest BCUT2D eigenvalue weighted by Gasteiger charge is 2.49. The number of benzene rings is 2. The molecular weight excluding hydrogens is 762 g/mol. The van der Waals surface area contributed by atoms with Crippen LogP contribution in [0.3, 0.4) is 0 Å². The van der Waals surface area contributed by atoms with Gasteiger partial charge in [-0.3, -0.25) is 19.3 Å². The molecule has 1 amide bonds. The Kier molecular flexibility index (Phi) is 14.4. The number of nitrogens with one attached hydrogen (secondary N) is 1. The van der Waals surface area contributed by atoms with E-state index in [1.54, 1.807) is 46.8 Å². The number of quaternary nitrogens is 1. The van der Waals surface area contributed by atoms with Crippen molar-refractivity contribution in [1.82, 2.24) is 4.90 Å². The number of nitrogens with two attached hydrogens (primary N) is 1. The van der Waals surface area contributed by atoms with E-state index in [9.17, 15) is 39.9 Å². The first-order valence-electron chi connectivity index (χ1n) is 20.4. The highest BCUT2D eigenvalue weighted by Crippen LogP contribution is 2.54. The van der Waals surface area contributed by atoms with E-state index < -0.39 is 88.8 Å². The number of nitrogens with zero attached hydrogens (tertiary/aromatic N) is 1. The first-order chi connectivity index (χ1) is 27.8. The van der Waals surface area contributed by atoms with E-state index >= 15 is 0 Å². The molecule has 4 aliphatic heterocycles. The van der Waals surface area contributed by atoms with Gasteiger partial charge in [0.05, 0.1) is 47.9 Å². The second-order valence-electron chi connectivity index (χ2n) is 16.5. The maximum absolute atomic E-state index is 14.4. The minimum Gasteiger partial charge on any atom is -0.872 e. The molecule has 0 aromatic heterocycles. The minimum atomic E-state index is -2.03. The Morgan fingerprint density at radius 2 is 1.69 bits per heavy atom. The molecule has 0 unspecified atom stereocenters. The molecule has 9 atom stereocenters. The third-order valence-corrected chi connectivity index (χ3v) is 12.3. The van der Waals surface area contributed by atoms with Gasteiger partial charge in [0.15, 0.2) is 0 Å². The Morgan fingerprint density at radius 3 is 2.34 bits per heavy atom. The zero-order valence-electron chi connectivity index (χ0n) is 35.5. The average Bonchev–Trinajstić information content (AvgIpc) is 3.82. The standard InChI is InChI=1S/C44H61N3O12/c1-22-13-12-14-23(2)43(55)46-34-29(21-45-16-19-47-17-10-11-18-47)38(52)31-32(39(34)53)37(51)27(6)41-33(31)42(54)44(8,59-41)57-20-15-30(56-9)24(3)40(58-28(7)48)26(5)36(50)25(4)35(22)49/h12-15,20,22,24-26,30,35-36,40,45,49-53H,10-11,16-19,21H2,1-9H3,(H,46,55)/b13-12+,20-15+,23-14-/t22-,24+,25+,26+,30-,35-,36+,40+,44-/m0/s1. The van der Waals surface area contributed by atoms with E-state index in [0.29, 0.717) is 6.54 Å². The van der Waals surface area contributed by atoms with Gasteiger partial charge in [-0.25, -0.2) is 0 Å². The van der Waals surface area contributed by atoms with E-state index in [4.69, 9.17) is 18.9 Å². The van der Waals surface area contributed by atoms with Crippen molar-refractivity contribution in [1.29, 1.82) is 0 Å². The smallest absolute Gasteiger partial charge is 0.312 e. The molecule has 4 aliphatic rings. The molecule has 5 bridgehead atoms. The first-order valence-corrected chi connectivity index (χ1v) is 20.4. The van der Waals surface area contributed by atoms with Crippen LogP contribution >= 0.6 is 0 Å². The summed E-state index contributed by atoms with van der Waals surface area (Å²) >= 11 is 0. The molecule has 59 heavy (non-hydrogen) atoms. The van der Waals surface area contributed by atoms with Crippen molar-refractivity contribution < 1.29 is 64.2 Å². The van der Waals surface area contributed by atoms with Crippen LogP contribution in [-0.2, 0) is 30.3 Å². The number of fused-ring (bicyclic) bond motifs is 14. The lowest BCUT2D eigenvalue weighted by Crippen LogP contribution is -2.84. The number of carbonyl (C=O) groups excluding carboxylic acids is 3. The summed E-state index contributed by atoms with van der Waals surface area (Å²) in [6.45, 7) is 16.0. The summed E-state index contributed by atoms with van der Waals surface area (Å²) in [5.41, 5.74) is -0.0437. The monoisotopic (exact) mass is 823 g/mol. The van der Waals surface area contributed by atoms with Crippen molar-refractivity contribution in [3.63, 3.8) is 0 Å². The number of aliphatic hydroxyl groups excluding tert-OH is 2. The van der Waals surface area contributed by atoms with Gasteiger partial charge in [-0.05, 0) is 51.4 Å². The van der Waals surface area contributed by atoms with Crippen molar-refractivity contribution in [3.05, 3.63) is 52.8 Å². The first kappa shape index (κ1) is 45.4. The van der Waals surface area contributed by atoms with Crippen LogP contribution in [0.15, 0.2) is 36.1 Å². The Bertz CT molecular complexity index is 2010. The topological polar surface area (TPSA) is 224 Å². The number of likely N-dealkylation sites (tertiary alicyclic amines) is 1. The fraction of sp³-hybridized carbons (Fsp3) is 0.568. The Balaban J connectivity index is 1.65. The third-order valence-electron chi connectivity index (χ3n) is 12.3. The van der Waals surface area contributed by atoms with Gasteiger partial charge in [0, 0.05) is 67.5 Å². The molecule has 0 radical (unpaired) electrons. The lowest BCUT2D eigenvalue weighted by Gasteiger charge is -2.38. The van der Waals surface area contributed by atoms with Gasteiger partial charge in [0.1, 0.15) is 29.9 Å². The zero-order chi connectivity index (χ0) is 43.5. The molecule has 0 saturated carbocycles. The quantitative estimate of drug-likeness (QED) is 0.102. The number of carbonyl (C=O) groups is 3. The molecule has 15 nitrogen and oxygen atoms in total. The number of rotatable bonds is 7. The normalized spacial score (nSPS) is 31.7. The summed E-state index contributed by atoms with van der Waals surface area (Å²) in [7, 11) is 1.44. The molecule has 0 spiro atoms. The second kappa shape index (κ2) is 18.7. The molecule has 6 rings (SSSR count). The van der Waals surface area contributed by atoms with Gasteiger partial charge in [-0.2, -0.15) is 0 Å². The van der Waals surface area contributed by atoms with E-state index in [2.05, 4.69) is 10.2 Å². The van der Waals surface area contributed by atoms with Crippen LogP contribution < -0.4 is 20.5 Å². The van der Waals surface area contributed by atoms with Crippen LogP contribution in [0.4, 0.5) is 5.69 Å². The van der Waals surface area contributed by atoms with Crippen molar-refractivity contribution in [3.8, 4) is 23.0 Å². The average molecular weight is 824 g/mol. The summed E-state index contributed by atoms with van der Waals surface area (Å²) in [4.78, 5) is 42.8. The van der Waals surface area contributed by atoms with Gasteiger partial charge in [-0.15, -0.1) is 0 Å². The highest BCUT2D eigenvalue weighted by molar-refractivity contribution is 6.22. The maximum atomic E-state index is 14.4. The van der Waals surface area contributed by atoms with E-state index in [0.717, 1.165) is 32.5 Å². The number of allylic oxidation sites excluding steroid dienone is 2. The van der Waals surface area contributed by atoms with E-state index in [1.165, 1.54) is 46.3 Å². The summed E-state index contributed by atoms with van der Waals surface area (Å²) in [5, 5.41) is 64.9. The van der Waals surface area contributed by atoms with Crippen LogP contribution in [0, 0.1) is 30.6 Å². The van der Waals surface area contributed by atoms with Crippen LogP contribution in [0.1, 0.15) is 82.8 Å². The molecule has 15 heteroatoms. The van der Waals surface area contributed by atoms with Gasteiger partial charge in [0.2, 0.25) is 0 Å². The van der Waals surface area contributed by atoms with Gasteiger partial charge < -0.3 is 55.1 Å². The lowest BCUT2D eigenvalue weighted by atomic mass is 9.78. The molecule has 1 fully saturated rings. The predicted molar refractivity (Wildman–Crippen MR) is 218 cm³/mol. The fourth-order valence-corrected chi connectivity index (χ4v) is 8.50. The number of ketones is 1. The third kappa shape index (κ3) is 9.24. The van der Waals surface area contributed by atoms with Gasteiger partial charge >= 0.3 is 11.8 Å². The number of anilines is 1. The largest absolute Gasteiger partial charge is 0.872 e. The van der Waals surface area contributed by atoms with Crippen molar-refractivity contribution in [2.45, 2.75) is 105 Å². The van der Waals surface area contributed by atoms with Crippen molar-refractivity contribution in [2.75, 3.05) is 38.6 Å². The summed E-state index contributed by atoms with van der Waals surface area (Å²) in [6, 6.07) is 0. The fourth-order valence-electron chi connectivity index (χ4n) is 8.50. The zero-order valence-corrected chi connectivity index (χ0v) is 35.5. The number of hydrogen-bond acceptors (Lipinski definition) is 13. The highest BCUT2D eigenvalue weighted by atomic mass is 16.7. The molecule has 1 saturated heterocycles. The lowest BCUT2D eigenvalue weighted by molar-refractivity contribution is -0.670.